The number of esters is 1. The van der Waals surface area contributed by atoms with Crippen molar-refractivity contribution in [2.75, 3.05) is 0 Å². The second kappa shape index (κ2) is 6.91. The molecule has 120 valence electrons. The lowest BCUT2D eigenvalue weighted by Gasteiger charge is -2.16. The number of aromatic hydroxyl groups is 1. The zero-order valence-electron chi connectivity index (χ0n) is 11.9. The molecule has 0 saturated carbocycles. The van der Waals surface area contributed by atoms with Crippen LogP contribution >= 0.6 is 0 Å². The molecule has 0 fully saturated rings. The Labute approximate surface area is 131 Å². The molecule has 2 atom stereocenters. The number of aliphatic carboxylic acids is 1. The SMILES string of the molecule is N[C@H](C(=O)O)[C@H](O)c1ccc(O)c(OC(=O)c2ccccc2)c1. The second-order valence-corrected chi connectivity index (χ2v) is 4.79. The molecular weight excluding hydrogens is 302 g/mol. The summed E-state index contributed by atoms with van der Waals surface area (Å²) in [5.74, 6) is -2.61. The fourth-order valence-electron chi connectivity index (χ4n) is 1.87. The number of carbonyl (C=O) groups is 2. The van der Waals surface area contributed by atoms with E-state index in [4.69, 9.17) is 15.6 Å². The Hall–Kier alpha value is -2.90. The number of rotatable bonds is 5. The van der Waals surface area contributed by atoms with E-state index >= 15 is 0 Å². The third-order valence-corrected chi connectivity index (χ3v) is 3.16. The molecule has 0 spiro atoms. The Balaban J connectivity index is 2.24. The highest BCUT2D eigenvalue weighted by molar-refractivity contribution is 5.91. The lowest BCUT2D eigenvalue weighted by atomic mass is 10.0. The summed E-state index contributed by atoms with van der Waals surface area (Å²) in [5, 5.41) is 28.5. The Bertz CT molecular complexity index is 716. The summed E-state index contributed by atoms with van der Waals surface area (Å²) in [6.07, 6.45) is -1.51. The largest absolute Gasteiger partial charge is 0.504 e. The van der Waals surface area contributed by atoms with Crippen LogP contribution in [0.15, 0.2) is 48.5 Å². The molecule has 7 heteroatoms. The van der Waals surface area contributed by atoms with Crippen LogP contribution in [0.5, 0.6) is 11.5 Å². The number of aliphatic hydroxyl groups is 1. The monoisotopic (exact) mass is 317 g/mol. The first kappa shape index (κ1) is 16.5. The Morgan fingerprint density at radius 2 is 1.74 bits per heavy atom. The van der Waals surface area contributed by atoms with E-state index in [-0.39, 0.29) is 22.6 Å². The van der Waals surface area contributed by atoms with Gasteiger partial charge in [-0.1, -0.05) is 24.3 Å². The average Bonchev–Trinajstić information content (AvgIpc) is 2.56. The van der Waals surface area contributed by atoms with Crippen LogP contribution in [-0.4, -0.2) is 33.3 Å². The Kier molecular flexibility index (Phi) is 4.95. The Morgan fingerprint density at radius 3 is 2.35 bits per heavy atom. The molecule has 2 aromatic carbocycles. The second-order valence-electron chi connectivity index (χ2n) is 4.79. The first-order chi connectivity index (χ1) is 10.9. The summed E-state index contributed by atoms with van der Waals surface area (Å²) < 4.78 is 5.07. The zero-order valence-corrected chi connectivity index (χ0v) is 11.9. The number of aliphatic hydroxyl groups excluding tert-OH is 1. The number of phenolic OH excluding ortho intramolecular Hbond substituents is 1. The minimum atomic E-state index is -1.54. The minimum Gasteiger partial charge on any atom is -0.504 e. The summed E-state index contributed by atoms with van der Waals surface area (Å²) >= 11 is 0. The van der Waals surface area contributed by atoms with Crippen molar-refractivity contribution in [2.45, 2.75) is 12.1 Å². The molecule has 2 rings (SSSR count). The lowest BCUT2D eigenvalue weighted by Crippen LogP contribution is -2.36. The van der Waals surface area contributed by atoms with Crippen LogP contribution in [0.1, 0.15) is 22.0 Å². The van der Waals surface area contributed by atoms with E-state index in [2.05, 4.69) is 0 Å². The van der Waals surface area contributed by atoms with Crippen LogP contribution in [0, 0.1) is 0 Å². The smallest absolute Gasteiger partial charge is 0.343 e. The number of ether oxygens (including phenoxy) is 1. The van der Waals surface area contributed by atoms with Gasteiger partial charge in [0, 0.05) is 0 Å². The molecule has 0 aliphatic rings. The molecule has 0 bridgehead atoms. The molecule has 0 saturated heterocycles. The fourth-order valence-corrected chi connectivity index (χ4v) is 1.87. The highest BCUT2D eigenvalue weighted by atomic mass is 16.5. The van der Waals surface area contributed by atoms with E-state index < -0.39 is 24.1 Å². The predicted molar refractivity (Wildman–Crippen MR) is 80.1 cm³/mol. The van der Waals surface area contributed by atoms with Gasteiger partial charge in [-0.3, -0.25) is 4.79 Å². The van der Waals surface area contributed by atoms with Gasteiger partial charge in [0.05, 0.1) is 5.56 Å². The predicted octanol–water partition coefficient (Wildman–Crippen LogP) is 1.06. The number of phenols is 1. The topological polar surface area (TPSA) is 130 Å². The maximum atomic E-state index is 12.0. The summed E-state index contributed by atoms with van der Waals surface area (Å²) in [6, 6.07) is 10.2. The van der Waals surface area contributed by atoms with Crippen molar-refractivity contribution in [2.24, 2.45) is 5.73 Å². The van der Waals surface area contributed by atoms with Gasteiger partial charge in [0.2, 0.25) is 0 Å². The quantitative estimate of drug-likeness (QED) is 0.479. The lowest BCUT2D eigenvalue weighted by molar-refractivity contribution is -0.141. The highest BCUT2D eigenvalue weighted by Gasteiger charge is 2.25. The first-order valence-corrected chi connectivity index (χ1v) is 6.66. The van der Waals surface area contributed by atoms with Crippen molar-refractivity contribution in [1.82, 2.24) is 0 Å². The van der Waals surface area contributed by atoms with Crippen molar-refractivity contribution in [3.8, 4) is 11.5 Å². The molecule has 0 aromatic heterocycles. The van der Waals surface area contributed by atoms with Gasteiger partial charge < -0.3 is 25.8 Å². The summed E-state index contributed by atoms with van der Waals surface area (Å²) in [5.41, 5.74) is 5.74. The van der Waals surface area contributed by atoms with Crippen molar-refractivity contribution in [1.29, 1.82) is 0 Å². The number of carboxylic acids is 1. The number of benzene rings is 2. The van der Waals surface area contributed by atoms with Crippen LogP contribution in [-0.2, 0) is 4.79 Å². The van der Waals surface area contributed by atoms with Gasteiger partial charge >= 0.3 is 11.9 Å². The molecule has 2 aromatic rings. The Morgan fingerprint density at radius 1 is 1.09 bits per heavy atom. The van der Waals surface area contributed by atoms with Gasteiger partial charge in [0.1, 0.15) is 12.1 Å². The number of hydrogen-bond acceptors (Lipinski definition) is 6. The van der Waals surface area contributed by atoms with Crippen LogP contribution < -0.4 is 10.5 Å². The molecule has 0 aliphatic carbocycles. The van der Waals surface area contributed by atoms with Crippen molar-refractivity contribution >= 4 is 11.9 Å². The summed E-state index contributed by atoms with van der Waals surface area (Å²) in [7, 11) is 0. The fraction of sp³-hybridized carbons (Fsp3) is 0.125. The molecule has 0 unspecified atom stereocenters. The maximum Gasteiger partial charge on any atom is 0.343 e. The van der Waals surface area contributed by atoms with Gasteiger partial charge in [0.25, 0.3) is 0 Å². The van der Waals surface area contributed by atoms with Crippen LogP contribution in [0.2, 0.25) is 0 Å². The summed E-state index contributed by atoms with van der Waals surface area (Å²) in [4.78, 5) is 22.8. The number of nitrogens with two attached hydrogens (primary N) is 1. The van der Waals surface area contributed by atoms with Crippen LogP contribution in [0.25, 0.3) is 0 Å². The molecule has 23 heavy (non-hydrogen) atoms. The van der Waals surface area contributed by atoms with Gasteiger partial charge in [-0.25, -0.2) is 4.79 Å². The average molecular weight is 317 g/mol. The van der Waals surface area contributed by atoms with Crippen molar-refractivity contribution < 1.29 is 29.6 Å². The molecule has 0 heterocycles. The van der Waals surface area contributed by atoms with Crippen LogP contribution in [0.3, 0.4) is 0 Å². The van der Waals surface area contributed by atoms with E-state index in [1.807, 2.05) is 0 Å². The molecule has 5 N–H and O–H groups in total. The van der Waals surface area contributed by atoms with Gasteiger partial charge in [-0.15, -0.1) is 0 Å². The van der Waals surface area contributed by atoms with E-state index in [1.165, 1.54) is 18.2 Å². The van der Waals surface area contributed by atoms with E-state index in [1.54, 1.807) is 30.3 Å². The van der Waals surface area contributed by atoms with E-state index in [0.717, 1.165) is 0 Å². The van der Waals surface area contributed by atoms with E-state index in [9.17, 15) is 19.8 Å². The van der Waals surface area contributed by atoms with Crippen molar-refractivity contribution in [3.05, 3.63) is 59.7 Å². The number of carbonyl (C=O) groups excluding carboxylic acids is 1. The van der Waals surface area contributed by atoms with E-state index in [0.29, 0.717) is 0 Å². The maximum absolute atomic E-state index is 12.0. The molecule has 0 aliphatic heterocycles. The van der Waals surface area contributed by atoms with Gasteiger partial charge in [-0.2, -0.15) is 0 Å². The standard InChI is InChI=1S/C16H15NO6/c17-13(15(20)21)14(19)10-6-7-11(18)12(8-10)23-16(22)9-4-2-1-3-5-9/h1-8,13-14,18-19H,17H2,(H,20,21)/t13-,14+/m0/s1. The summed E-state index contributed by atoms with van der Waals surface area (Å²) in [6.45, 7) is 0. The van der Waals surface area contributed by atoms with Crippen molar-refractivity contribution in [3.63, 3.8) is 0 Å². The zero-order chi connectivity index (χ0) is 17.0. The third-order valence-electron chi connectivity index (χ3n) is 3.16. The molecule has 0 radical (unpaired) electrons. The molecule has 0 amide bonds. The van der Waals surface area contributed by atoms with Gasteiger partial charge in [0.15, 0.2) is 11.5 Å². The first-order valence-electron chi connectivity index (χ1n) is 6.66. The number of carboxylic acid groups (broad SMARTS) is 1. The van der Waals surface area contributed by atoms with Crippen LogP contribution in [0.4, 0.5) is 0 Å². The minimum absolute atomic E-state index is 0.105. The molecular formula is C16H15NO6. The normalized spacial score (nSPS) is 13.1. The third kappa shape index (κ3) is 3.85. The van der Waals surface area contributed by atoms with Gasteiger partial charge in [-0.05, 0) is 29.8 Å². The number of hydrogen-bond donors (Lipinski definition) is 4. The highest BCUT2D eigenvalue weighted by Crippen LogP contribution is 2.30. The molecule has 7 nitrogen and oxygen atoms in total.